The van der Waals surface area contributed by atoms with Crippen LogP contribution >= 0.6 is 12.2 Å². The average molecular weight is 249 g/mol. The van der Waals surface area contributed by atoms with Gasteiger partial charge in [-0.3, -0.25) is 4.98 Å². The number of rotatable bonds is 2. The molecule has 2 aromatic carbocycles. The van der Waals surface area contributed by atoms with Gasteiger partial charge in [0, 0.05) is 22.5 Å². The molecule has 0 spiro atoms. The van der Waals surface area contributed by atoms with Gasteiger partial charge in [-0.2, -0.15) is 0 Å². The summed E-state index contributed by atoms with van der Waals surface area (Å²) in [5, 5.41) is 2.81. The zero-order valence-electron chi connectivity index (χ0n) is 9.71. The number of benzene rings is 2. The van der Waals surface area contributed by atoms with E-state index in [4.69, 9.17) is 12.2 Å². The molecule has 0 unspecified atom stereocenters. The van der Waals surface area contributed by atoms with E-state index in [2.05, 4.69) is 23.2 Å². The molecule has 86 valence electrons. The molecule has 3 aromatic rings. The van der Waals surface area contributed by atoms with Crippen molar-refractivity contribution < 1.29 is 0 Å². The van der Waals surface area contributed by atoms with Crippen LogP contribution in [0.4, 0.5) is 0 Å². The number of thiocarbonyl (C=S) groups is 1. The normalized spacial score (nSPS) is 10.4. The first-order valence-electron chi connectivity index (χ1n) is 5.78. The molecule has 0 fully saturated rings. The molecule has 0 saturated heterocycles. The van der Waals surface area contributed by atoms with Crippen LogP contribution in [0.15, 0.2) is 60.8 Å². The summed E-state index contributed by atoms with van der Waals surface area (Å²) in [4.78, 5) is 4.50. The molecule has 0 aliphatic rings. The second-order valence-corrected chi connectivity index (χ2v) is 4.36. The molecule has 0 aliphatic carbocycles. The van der Waals surface area contributed by atoms with Crippen molar-refractivity contribution in [2.24, 2.45) is 0 Å². The molecule has 0 atom stereocenters. The van der Waals surface area contributed by atoms with Crippen LogP contribution in [0, 0.1) is 0 Å². The zero-order valence-corrected chi connectivity index (χ0v) is 10.5. The van der Waals surface area contributed by atoms with Gasteiger partial charge < -0.3 is 0 Å². The molecule has 0 aliphatic heterocycles. The van der Waals surface area contributed by atoms with Crippen molar-refractivity contribution in [2.45, 2.75) is 0 Å². The third-order valence-electron chi connectivity index (χ3n) is 2.99. The maximum absolute atomic E-state index is 5.05. The Hall–Kier alpha value is -2.06. The summed E-state index contributed by atoms with van der Waals surface area (Å²) >= 11 is 5.05. The molecule has 1 nitrogen and oxygen atoms in total. The predicted octanol–water partition coefficient (Wildman–Crippen LogP) is 4.25. The van der Waals surface area contributed by atoms with Gasteiger partial charge in [0.05, 0.1) is 5.52 Å². The Labute approximate surface area is 111 Å². The molecule has 0 amide bonds. The lowest BCUT2D eigenvalue weighted by molar-refractivity contribution is 1.41. The van der Waals surface area contributed by atoms with Gasteiger partial charge in [-0.05, 0) is 23.3 Å². The molecule has 0 bridgehead atoms. The number of aromatic nitrogens is 1. The minimum atomic E-state index is 0.980. The number of fused-ring (bicyclic) bond motifs is 1. The molecular weight excluding hydrogens is 238 g/mol. The van der Waals surface area contributed by atoms with Gasteiger partial charge in [-0.1, -0.05) is 54.7 Å². The summed E-state index contributed by atoms with van der Waals surface area (Å²) in [5.74, 6) is 0. The number of hydrogen-bond acceptors (Lipinski definition) is 2. The molecule has 18 heavy (non-hydrogen) atoms. The van der Waals surface area contributed by atoms with Crippen molar-refractivity contribution in [2.75, 3.05) is 0 Å². The molecule has 2 heteroatoms. The minimum absolute atomic E-state index is 0.980. The van der Waals surface area contributed by atoms with E-state index in [1.54, 1.807) is 5.37 Å². The zero-order chi connectivity index (χ0) is 12.4. The first kappa shape index (κ1) is 11.1. The van der Waals surface area contributed by atoms with Crippen molar-refractivity contribution in [3.05, 3.63) is 66.4 Å². The maximum Gasteiger partial charge on any atom is 0.0708 e. The Balaban J connectivity index is 2.25. The summed E-state index contributed by atoms with van der Waals surface area (Å²) in [5.41, 5.74) is 4.32. The van der Waals surface area contributed by atoms with Crippen molar-refractivity contribution in [3.8, 4) is 11.1 Å². The van der Waals surface area contributed by atoms with Crippen LogP contribution in [0.3, 0.4) is 0 Å². The van der Waals surface area contributed by atoms with Crippen LogP contribution < -0.4 is 0 Å². The van der Waals surface area contributed by atoms with Crippen LogP contribution in [-0.4, -0.2) is 10.4 Å². The first-order valence-corrected chi connectivity index (χ1v) is 6.25. The lowest BCUT2D eigenvalue weighted by Gasteiger charge is -2.05. The topological polar surface area (TPSA) is 12.9 Å². The van der Waals surface area contributed by atoms with Gasteiger partial charge in [0.25, 0.3) is 0 Å². The molecule has 3 rings (SSSR count). The summed E-state index contributed by atoms with van der Waals surface area (Å²) < 4.78 is 0. The van der Waals surface area contributed by atoms with E-state index < -0.39 is 0 Å². The molecule has 0 radical (unpaired) electrons. The highest BCUT2D eigenvalue weighted by Crippen LogP contribution is 2.24. The number of pyridine rings is 1. The van der Waals surface area contributed by atoms with E-state index in [1.165, 1.54) is 5.56 Å². The molecule has 1 heterocycles. The van der Waals surface area contributed by atoms with E-state index in [-0.39, 0.29) is 0 Å². The molecular formula is C16H11NS. The van der Waals surface area contributed by atoms with Gasteiger partial charge in [0.2, 0.25) is 0 Å². The quantitative estimate of drug-likeness (QED) is 0.630. The van der Waals surface area contributed by atoms with E-state index >= 15 is 0 Å². The minimum Gasteiger partial charge on any atom is -0.256 e. The second kappa shape index (κ2) is 4.67. The fourth-order valence-corrected chi connectivity index (χ4v) is 2.27. The van der Waals surface area contributed by atoms with E-state index in [1.807, 2.05) is 42.6 Å². The summed E-state index contributed by atoms with van der Waals surface area (Å²) in [6.07, 6.45) is 1.91. The lowest BCUT2D eigenvalue weighted by Crippen LogP contribution is -1.87. The Bertz CT molecular complexity index is 705. The highest BCUT2D eigenvalue weighted by Gasteiger charge is 2.03. The van der Waals surface area contributed by atoms with Gasteiger partial charge in [-0.15, -0.1) is 0 Å². The van der Waals surface area contributed by atoms with Gasteiger partial charge >= 0.3 is 0 Å². The van der Waals surface area contributed by atoms with Crippen molar-refractivity contribution in [3.63, 3.8) is 0 Å². The smallest absolute Gasteiger partial charge is 0.0708 e. The molecule has 0 saturated carbocycles. The Kier molecular flexibility index (Phi) is 2.87. The maximum atomic E-state index is 5.05. The average Bonchev–Trinajstić information content (AvgIpc) is 2.47. The third-order valence-corrected chi connectivity index (χ3v) is 3.25. The van der Waals surface area contributed by atoms with Crippen LogP contribution in [0.25, 0.3) is 22.0 Å². The predicted molar refractivity (Wildman–Crippen MR) is 79.9 cm³/mol. The molecule has 0 N–H and O–H groups in total. The largest absolute Gasteiger partial charge is 0.256 e. The van der Waals surface area contributed by atoms with E-state index in [0.717, 1.165) is 22.0 Å². The van der Waals surface area contributed by atoms with Gasteiger partial charge in [0.15, 0.2) is 0 Å². The summed E-state index contributed by atoms with van der Waals surface area (Å²) in [6.45, 7) is 0. The highest BCUT2D eigenvalue weighted by atomic mass is 32.1. The van der Waals surface area contributed by atoms with Crippen molar-refractivity contribution in [1.82, 2.24) is 4.98 Å². The monoisotopic (exact) mass is 249 g/mol. The van der Waals surface area contributed by atoms with E-state index in [0.29, 0.717) is 0 Å². The van der Waals surface area contributed by atoms with E-state index in [9.17, 15) is 0 Å². The third kappa shape index (κ3) is 1.91. The van der Waals surface area contributed by atoms with Crippen molar-refractivity contribution in [1.29, 1.82) is 0 Å². The highest BCUT2D eigenvalue weighted by molar-refractivity contribution is 7.79. The SMILES string of the molecule is S=Cc1cccc2ncc(-c3ccccc3)cc12. The van der Waals surface area contributed by atoms with Crippen molar-refractivity contribution >= 4 is 28.5 Å². The van der Waals surface area contributed by atoms with Crippen LogP contribution in [0.1, 0.15) is 5.56 Å². The second-order valence-electron chi connectivity index (χ2n) is 4.12. The first-order chi connectivity index (χ1) is 8.88. The number of nitrogens with zero attached hydrogens (tertiary/aromatic N) is 1. The van der Waals surface area contributed by atoms with Crippen LogP contribution in [0.5, 0.6) is 0 Å². The Morgan fingerprint density at radius 2 is 1.72 bits per heavy atom. The lowest BCUT2D eigenvalue weighted by atomic mass is 10.0. The Morgan fingerprint density at radius 3 is 2.50 bits per heavy atom. The van der Waals surface area contributed by atoms with Crippen LogP contribution in [0.2, 0.25) is 0 Å². The Morgan fingerprint density at radius 1 is 0.889 bits per heavy atom. The summed E-state index contributed by atoms with van der Waals surface area (Å²) in [6, 6.07) is 18.4. The van der Waals surface area contributed by atoms with Crippen LogP contribution in [-0.2, 0) is 0 Å². The standard InChI is InChI=1S/C16H11NS/c18-11-13-7-4-8-16-15(13)9-14(10-17-16)12-5-2-1-3-6-12/h1-11H. The number of hydrogen-bond donors (Lipinski definition) is 0. The summed E-state index contributed by atoms with van der Waals surface area (Å²) in [7, 11) is 0. The fourth-order valence-electron chi connectivity index (χ4n) is 2.06. The van der Waals surface area contributed by atoms with Gasteiger partial charge in [0.1, 0.15) is 0 Å². The molecule has 1 aromatic heterocycles. The van der Waals surface area contributed by atoms with Gasteiger partial charge in [-0.25, -0.2) is 0 Å². The fraction of sp³-hybridized carbons (Fsp3) is 0.